The van der Waals surface area contributed by atoms with E-state index in [-0.39, 0.29) is 5.91 Å². The lowest BCUT2D eigenvalue weighted by molar-refractivity contribution is 0.102. The maximum atomic E-state index is 11.9. The van der Waals surface area contributed by atoms with Crippen molar-refractivity contribution < 1.29 is 4.79 Å². The molecule has 0 spiro atoms. The van der Waals surface area contributed by atoms with Crippen LogP contribution in [0.3, 0.4) is 0 Å². The zero-order valence-electron chi connectivity index (χ0n) is 8.90. The van der Waals surface area contributed by atoms with Crippen LogP contribution in [0.25, 0.3) is 10.9 Å². The van der Waals surface area contributed by atoms with Crippen molar-refractivity contribution in [3.63, 3.8) is 0 Å². The third-order valence-electron chi connectivity index (χ3n) is 2.58. The number of carbonyl (C=O) groups excluding carboxylic acids is 1. The summed E-state index contributed by atoms with van der Waals surface area (Å²) in [5, 5.41) is 10.5. The highest BCUT2D eigenvalue weighted by atomic mass is 16.1. The molecule has 0 atom stereocenters. The summed E-state index contributed by atoms with van der Waals surface area (Å²) in [6, 6.07) is 9.13. The molecule has 0 fully saturated rings. The minimum Gasteiger partial charge on any atom is -0.357 e. The van der Waals surface area contributed by atoms with Crippen LogP contribution >= 0.6 is 0 Å². The van der Waals surface area contributed by atoms with Crippen molar-refractivity contribution in [2.75, 3.05) is 5.32 Å². The topological polar surface area (TPSA) is 73.6 Å². The van der Waals surface area contributed by atoms with Crippen LogP contribution in [0.2, 0.25) is 0 Å². The molecule has 3 aromatic rings. The highest BCUT2D eigenvalue weighted by Gasteiger charge is 2.09. The van der Waals surface area contributed by atoms with E-state index >= 15 is 0 Å². The Kier molecular flexibility index (Phi) is 2.15. The van der Waals surface area contributed by atoms with Gasteiger partial charge >= 0.3 is 0 Å². The molecule has 2 aromatic heterocycles. The molecule has 0 radical (unpaired) electrons. The zero-order valence-corrected chi connectivity index (χ0v) is 8.90. The largest absolute Gasteiger partial charge is 0.357 e. The molecular formula is C12H10N4O. The number of nitrogens with one attached hydrogen (secondary N) is 3. The van der Waals surface area contributed by atoms with Crippen LogP contribution in [0.1, 0.15) is 10.5 Å². The molecule has 3 rings (SSSR count). The molecule has 3 N–H and O–H groups in total. The highest BCUT2D eigenvalue weighted by Crippen LogP contribution is 2.21. The van der Waals surface area contributed by atoms with Gasteiger partial charge in [0.05, 0.1) is 17.4 Å². The predicted molar refractivity (Wildman–Crippen MR) is 64.8 cm³/mol. The van der Waals surface area contributed by atoms with Gasteiger partial charge in [-0.1, -0.05) is 6.07 Å². The fourth-order valence-electron chi connectivity index (χ4n) is 1.74. The minimum absolute atomic E-state index is 0.163. The van der Waals surface area contributed by atoms with Gasteiger partial charge in [0.1, 0.15) is 5.69 Å². The average Bonchev–Trinajstić information content (AvgIpc) is 3.00. The van der Waals surface area contributed by atoms with Crippen molar-refractivity contribution >= 4 is 22.5 Å². The molecule has 5 heteroatoms. The Hall–Kier alpha value is -2.56. The van der Waals surface area contributed by atoms with Crippen molar-refractivity contribution in [2.45, 2.75) is 0 Å². The van der Waals surface area contributed by atoms with Crippen LogP contribution in [0.5, 0.6) is 0 Å². The van der Waals surface area contributed by atoms with Gasteiger partial charge in [-0.3, -0.25) is 9.89 Å². The van der Waals surface area contributed by atoms with Crippen molar-refractivity contribution in [2.24, 2.45) is 0 Å². The first kappa shape index (κ1) is 9.65. The van der Waals surface area contributed by atoms with Gasteiger partial charge in [-0.25, -0.2) is 0 Å². The number of fused-ring (bicyclic) bond motifs is 1. The molecule has 1 amide bonds. The zero-order chi connectivity index (χ0) is 11.7. The number of benzene rings is 1. The Bertz CT molecular complexity index is 654. The average molecular weight is 226 g/mol. The summed E-state index contributed by atoms with van der Waals surface area (Å²) in [5.41, 5.74) is 2.18. The summed E-state index contributed by atoms with van der Waals surface area (Å²) in [6.45, 7) is 0. The number of hydrogen-bond donors (Lipinski definition) is 3. The molecular weight excluding hydrogens is 216 g/mol. The lowest BCUT2D eigenvalue weighted by Crippen LogP contribution is -2.12. The molecule has 0 aliphatic heterocycles. The van der Waals surface area contributed by atoms with E-state index in [0.29, 0.717) is 5.69 Å². The number of H-pyrrole nitrogens is 2. The van der Waals surface area contributed by atoms with Crippen LogP contribution < -0.4 is 5.32 Å². The van der Waals surface area contributed by atoms with Crippen molar-refractivity contribution in [3.05, 3.63) is 48.4 Å². The SMILES string of the molecule is O=C(Nc1cccc2[nH]ncc12)c1ccc[nH]1. The first-order valence-corrected chi connectivity index (χ1v) is 5.21. The fraction of sp³-hybridized carbons (Fsp3) is 0. The first-order valence-electron chi connectivity index (χ1n) is 5.21. The van der Waals surface area contributed by atoms with E-state index in [0.717, 1.165) is 16.6 Å². The second-order valence-electron chi connectivity index (χ2n) is 3.67. The lowest BCUT2D eigenvalue weighted by Gasteiger charge is -2.04. The molecule has 2 heterocycles. The number of hydrogen-bond acceptors (Lipinski definition) is 2. The van der Waals surface area contributed by atoms with Crippen molar-refractivity contribution in [1.82, 2.24) is 15.2 Å². The van der Waals surface area contributed by atoms with Crippen LogP contribution in [-0.4, -0.2) is 21.1 Å². The summed E-state index contributed by atoms with van der Waals surface area (Å²) in [6.07, 6.45) is 3.41. The molecule has 5 nitrogen and oxygen atoms in total. The number of anilines is 1. The number of amides is 1. The van der Waals surface area contributed by atoms with Gasteiger partial charge in [-0.15, -0.1) is 0 Å². The van der Waals surface area contributed by atoms with Gasteiger partial charge in [0, 0.05) is 11.6 Å². The number of aromatic nitrogens is 3. The van der Waals surface area contributed by atoms with E-state index < -0.39 is 0 Å². The van der Waals surface area contributed by atoms with E-state index in [1.54, 1.807) is 24.5 Å². The molecule has 0 saturated heterocycles. The maximum Gasteiger partial charge on any atom is 0.272 e. The van der Waals surface area contributed by atoms with E-state index in [9.17, 15) is 4.79 Å². The Morgan fingerprint density at radius 1 is 1.24 bits per heavy atom. The van der Waals surface area contributed by atoms with E-state index in [2.05, 4.69) is 20.5 Å². The summed E-state index contributed by atoms with van der Waals surface area (Å²) in [5.74, 6) is -0.163. The quantitative estimate of drug-likeness (QED) is 0.626. The lowest BCUT2D eigenvalue weighted by atomic mass is 10.2. The van der Waals surface area contributed by atoms with E-state index in [1.165, 1.54) is 0 Å². The van der Waals surface area contributed by atoms with Crippen molar-refractivity contribution in [1.29, 1.82) is 0 Å². The second kappa shape index (κ2) is 3.79. The Balaban J connectivity index is 1.95. The first-order chi connectivity index (χ1) is 8.34. The van der Waals surface area contributed by atoms with E-state index in [4.69, 9.17) is 0 Å². The number of carbonyl (C=O) groups is 1. The molecule has 0 aliphatic carbocycles. The summed E-state index contributed by atoms with van der Waals surface area (Å²) >= 11 is 0. The second-order valence-corrected chi connectivity index (χ2v) is 3.67. The third kappa shape index (κ3) is 1.67. The summed E-state index contributed by atoms with van der Waals surface area (Å²) < 4.78 is 0. The van der Waals surface area contributed by atoms with Crippen LogP contribution in [0.15, 0.2) is 42.7 Å². The van der Waals surface area contributed by atoms with Crippen molar-refractivity contribution in [3.8, 4) is 0 Å². The van der Waals surface area contributed by atoms with Gasteiger partial charge in [-0.2, -0.15) is 5.10 Å². The number of aromatic amines is 2. The van der Waals surface area contributed by atoms with Gasteiger partial charge < -0.3 is 10.3 Å². The molecule has 0 unspecified atom stereocenters. The Labute approximate surface area is 96.9 Å². The normalized spacial score (nSPS) is 10.6. The minimum atomic E-state index is -0.163. The Morgan fingerprint density at radius 2 is 2.18 bits per heavy atom. The number of nitrogens with zero attached hydrogens (tertiary/aromatic N) is 1. The number of rotatable bonds is 2. The van der Waals surface area contributed by atoms with Crippen LogP contribution in [0, 0.1) is 0 Å². The highest BCUT2D eigenvalue weighted by molar-refractivity contribution is 6.07. The molecule has 84 valence electrons. The van der Waals surface area contributed by atoms with Gasteiger partial charge in [0.15, 0.2) is 0 Å². The van der Waals surface area contributed by atoms with Gasteiger partial charge in [0.25, 0.3) is 5.91 Å². The summed E-state index contributed by atoms with van der Waals surface area (Å²) in [7, 11) is 0. The molecule has 0 aliphatic rings. The molecule has 17 heavy (non-hydrogen) atoms. The third-order valence-corrected chi connectivity index (χ3v) is 2.58. The van der Waals surface area contributed by atoms with E-state index in [1.807, 2.05) is 18.2 Å². The predicted octanol–water partition coefficient (Wildman–Crippen LogP) is 2.14. The molecule has 0 bridgehead atoms. The van der Waals surface area contributed by atoms with Crippen LogP contribution in [0.4, 0.5) is 5.69 Å². The fourth-order valence-corrected chi connectivity index (χ4v) is 1.74. The maximum absolute atomic E-state index is 11.9. The van der Waals surface area contributed by atoms with Gasteiger partial charge in [-0.05, 0) is 24.3 Å². The monoisotopic (exact) mass is 226 g/mol. The van der Waals surface area contributed by atoms with Gasteiger partial charge in [0.2, 0.25) is 0 Å². The molecule has 0 saturated carbocycles. The smallest absolute Gasteiger partial charge is 0.272 e. The Morgan fingerprint density at radius 3 is 3.00 bits per heavy atom. The van der Waals surface area contributed by atoms with Crippen LogP contribution in [-0.2, 0) is 0 Å². The standard InChI is InChI=1S/C12H10N4O/c17-12(11-5-2-6-13-11)15-9-3-1-4-10-8(9)7-14-16-10/h1-7,13H,(H,14,16)(H,15,17). The summed E-state index contributed by atoms with van der Waals surface area (Å²) in [4.78, 5) is 14.7. The molecule has 1 aromatic carbocycles.